The minimum atomic E-state index is -0.236. The van der Waals surface area contributed by atoms with Gasteiger partial charge in [-0.3, -0.25) is 4.79 Å². The molecule has 3 rings (SSSR count). The summed E-state index contributed by atoms with van der Waals surface area (Å²) in [5, 5.41) is 11.9. The molecule has 0 bridgehead atoms. The van der Waals surface area contributed by atoms with Gasteiger partial charge in [0.2, 0.25) is 11.8 Å². The van der Waals surface area contributed by atoms with E-state index in [0.29, 0.717) is 24.1 Å². The van der Waals surface area contributed by atoms with Crippen LogP contribution in [0.15, 0.2) is 66.9 Å². The number of anilines is 1. The fourth-order valence-electron chi connectivity index (χ4n) is 2.68. The third-order valence-corrected chi connectivity index (χ3v) is 4.04. The van der Waals surface area contributed by atoms with Crippen LogP contribution in [0.25, 0.3) is 11.1 Å². The van der Waals surface area contributed by atoms with Crippen molar-refractivity contribution in [3.63, 3.8) is 0 Å². The zero-order chi connectivity index (χ0) is 18.4. The molecule has 2 aromatic carbocycles. The van der Waals surface area contributed by atoms with Crippen molar-refractivity contribution in [3.05, 3.63) is 78.2 Å². The summed E-state index contributed by atoms with van der Waals surface area (Å²) < 4.78 is 13.8. The smallest absolute Gasteiger partial charge is 0.224 e. The lowest BCUT2D eigenvalue weighted by molar-refractivity contribution is -0.116. The van der Waals surface area contributed by atoms with Gasteiger partial charge in [0.05, 0.1) is 11.9 Å². The van der Waals surface area contributed by atoms with E-state index in [2.05, 4.69) is 10.3 Å². The number of amides is 1. The van der Waals surface area contributed by atoms with Crippen LogP contribution in [0.2, 0.25) is 0 Å². The average molecular weight is 350 g/mol. The maximum atomic E-state index is 13.8. The molecular formula is C21H19FN2O2. The first-order valence-electron chi connectivity index (χ1n) is 8.40. The Morgan fingerprint density at radius 3 is 2.50 bits per heavy atom. The van der Waals surface area contributed by atoms with E-state index in [-0.39, 0.29) is 17.6 Å². The second-order valence-electron chi connectivity index (χ2n) is 5.98. The van der Waals surface area contributed by atoms with Crippen molar-refractivity contribution in [1.29, 1.82) is 0 Å². The fraction of sp³-hybridized carbons (Fsp3) is 0.143. The van der Waals surface area contributed by atoms with Crippen LogP contribution in [0.4, 0.5) is 10.1 Å². The standard InChI is InChI=1S/C21H19FN2O2/c22-19-6-2-1-5-18(19)16-10-8-15(9-11-16)4-3-7-21(26)24-17-12-13-20(25)23-14-17/h1-2,5-6,8-14H,3-4,7H2,(H,23,25)(H,24,26). The molecule has 3 aromatic rings. The van der Waals surface area contributed by atoms with Gasteiger partial charge in [-0.1, -0.05) is 42.5 Å². The highest BCUT2D eigenvalue weighted by atomic mass is 19.1. The number of pyridine rings is 1. The third kappa shape index (κ3) is 4.66. The molecule has 0 saturated heterocycles. The summed E-state index contributed by atoms with van der Waals surface area (Å²) in [6, 6.07) is 17.4. The van der Waals surface area contributed by atoms with Crippen LogP contribution in [0.5, 0.6) is 5.88 Å². The van der Waals surface area contributed by atoms with Crippen molar-refractivity contribution < 1.29 is 14.3 Å². The predicted octanol–water partition coefficient (Wildman–Crippen LogP) is 4.55. The summed E-state index contributed by atoms with van der Waals surface area (Å²) in [5.41, 5.74) is 3.08. The molecule has 0 saturated carbocycles. The van der Waals surface area contributed by atoms with Gasteiger partial charge >= 0.3 is 0 Å². The van der Waals surface area contributed by atoms with Crippen LogP contribution in [0.3, 0.4) is 0 Å². The molecule has 4 nitrogen and oxygen atoms in total. The van der Waals surface area contributed by atoms with Gasteiger partial charge < -0.3 is 10.4 Å². The third-order valence-electron chi connectivity index (χ3n) is 4.04. The molecule has 0 radical (unpaired) electrons. The number of rotatable bonds is 6. The maximum Gasteiger partial charge on any atom is 0.224 e. The zero-order valence-corrected chi connectivity index (χ0v) is 14.2. The second kappa shape index (κ2) is 8.25. The Balaban J connectivity index is 1.50. The molecule has 0 aliphatic carbocycles. The monoisotopic (exact) mass is 350 g/mol. The lowest BCUT2D eigenvalue weighted by Gasteiger charge is -2.07. The SMILES string of the molecule is O=C(CCCc1ccc(-c2ccccc2F)cc1)Nc1ccc(O)nc1. The van der Waals surface area contributed by atoms with E-state index in [1.165, 1.54) is 18.3 Å². The first kappa shape index (κ1) is 17.6. The van der Waals surface area contributed by atoms with Crippen LogP contribution in [0, 0.1) is 5.82 Å². The first-order chi connectivity index (χ1) is 12.6. The van der Waals surface area contributed by atoms with E-state index in [9.17, 15) is 9.18 Å². The van der Waals surface area contributed by atoms with Crippen LogP contribution < -0.4 is 5.32 Å². The Labute approximate surface area is 151 Å². The number of carbonyl (C=O) groups excluding carboxylic acids is 1. The number of nitrogens with one attached hydrogen (secondary N) is 1. The summed E-state index contributed by atoms with van der Waals surface area (Å²) in [7, 11) is 0. The van der Waals surface area contributed by atoms with E-state index < -0.39 is 0 Å². The normalized spacial score (nSPS) is 10.5. The van der Waals surface area contributed by atoms with Gasteiger partial charge in [0, 0.05) is 18.1 Å². The van der Waals surface area contributed by atoms with Gasteiger partial charge in [-0.15, -0.1) is 0 Å². The van der Waals surface area contributed by atoms with Crippen LogP contribution in [-0.2, 0) is 11.2 Å². The molecule has 5 heteroatoms. The lowest BCUT2D eigenvalue weighted by atomic mass is 10.0. The van der Waals surface area contributed by atoms with Gasteiger partial charge in [-0.25, -0.2) is 9.37 Å². The topological polar surface area (TPSA) is 62.2 Å². The molecule has 0 fully saturated rings. The highest BCUT2D eigenvalue weighted by Gasteiger charge is 2.05. The van der Waals surface area contributed by atoms with Crippen molar-refractivity contribution in [2.24, 2.45) is 0 Å². The summed E-state index contributed by atoms with van der Waals surface area (Å²) in [4.78, 5) is 15.6. The summed E-state index contributed by atoms with van der Waals surface area (Å²) in [5.74, 6) is -0.414. The minimum absolute atomic E-state index is 0.0816. The number of carbonyl (C=O) groups is 1. The predicted molar refractivity (Wildman–Crippen MR) is 99.3 cm³/mol. The summed E-state index contributed by atoms with van der Waals surface area (Å²) in [6.07, 6.45) is 3.26. The highest BCUT2D eigenvalue weighted by Crippen LogP contribution is 2.23. The second-order valence-corrected chi connectivity index (χ2v) is 5.98. The molecule has 132 valence electrons. The van der Waals surface area contributed by atoms with Crippen molar-refractivity contribution in [1.82, 2.24) is 4.98 Å². The Morgan fingerprint density at radius 2 is 1.81 bits per heavy atom. The number of halogens is 1. The molecule has 1 aromatic heterocycles. The Morgan fingerprint density at radius 1 is 1.04 bits per heavy atom. The Bertz CT molecular complexity index is 877. The van der Waals surface area contributed by atoms with Gasteiger partial charge in [0.1, 0.15) is 5.82 Å². The molecule has 0 aliphatic heterocycles. The van der Waals surface area contributed by atoms with E-state index in [4.69, 9.17) is 5.11 Å². The zero-order valence-electron chi connectivity index (χ0n) is 14.2. The summed E-state index contributed by atoms with van der Waals surface area (Å²) in [6.45, 7) is 0. The minimum Gasteiger partial charge on any atom is -0.493 e. The van der Waals surface area contributed by atoms with Crippen molar-refractivity contribution in [2.45, 2.75) is 19.3 Å². The number of hydrogen-bond acceptors (Lipinski definition) is 3. The van der Waals surface area contributed by atoms with E-state index in [1.54, 1.807) is 18.2 Å². The molecule has 0 spiro atoms. The number of hydrogen-bond donors (Lipinski definition) is 2. The van der Waals surface area contributed by atoms with Crippen LogP contribution in [-0.4, -0.2) is 16.0 Å². The van der Waals surface area contributed by atoms with Gasteiger partial charge in [0.15, 0.2) is 0 Å². The lowest BCUT2D eigenvalue weighted by Crippen LogP contribution is -2.11. The highest BCUT2D eigenvalue weighted by molar-refractivity contribution is 5.90. The van der Waals surface area contributed by atoms with Crippen LogP contribution >= 0.6 is 0 Å². The molecular weight excluding hydrogens is 331 g/mol. The number of aromatic nitrogens is 1. The molecule has 0 atom stereocenters. The van der Waals surface area contributed by atoms with Crippen molar-refractivity contribution >= 4 is 11.6 Å². The molecule has 1 heterocycles. The molecule has 0 aliphatic rings. The largest absolute Gasteiger partial charge is 0.493 e. The molecule has 26 heavy (non-hydrogen) atoms. The van der Waals surface area contributed by atoms with Gasteiger partial charge in [-0.05, 0) is 36.1 Å². The van der Waals surface area contributed by atoms with Gasteiger partial charge in [-0.2, -0.15) is 0 Å². The number of benzene rings is 2. The van der Waals surface area contributed by atoms with E-state index in [0.717, 1.165) is 17.5 Å². The summed E-state index contributed by atoms with van der Waals surface area (Å²) >= 11 is 0. The number of aromatic hydroxyl groups is 1. The first-order valence-corrected chi connectivity index (χ1v) is 8.40. The quantitative estimate of drug-likeness (QED) is 0.685. The molecule has 0 unspecified atom stereocenters. The molecule has 2 N–H and O–H groups in total. The van der Waals surface area contributed by atoms with Crippen molar-refractivity contribution in [2.75, 3.05) is 5.32 Å². The number of aryl methyl sites for hydroxylation is 1. The van der Waals surface area contributed by atoms with E-state index >= 15 is 0 Å². The van der Waals surface area contributed by atoms with Crippen molar-refractivity contribution in [3.8, 4) is 17.0 Å². The average Bonchev–Trinajstić information content (AvgIpc) is 2.65. The Kier molecular flexibility index (Phi) is 5.59. The molecule has 1 amide bonds. The van der Waals surface area contributed by atoms with Gasteiger partial charge in [0.25, 0.3) is 0 Å². The number of nitrogens with zero attached hydrogens (tertiary/aromatic N) is 1. The van der Waals surface area contributed by atoms with E-state index in [1.807, 2.05) is 30.3 Å². The van der Waals surface area contributed by atoms with Crippen LogP contribution in [0.1, 0.15) is 18.4 Å². The Hall–Kier alpha value is -3.21. The fourth-order valence-corrected chi connectivity index (χ4v) is 2.68. The maximum absolute atomic E-state index is 13.8.